The first-order valence-corrected chi connectivity index (χ1v) is 4.19. The maximum absolute atomic E-state index is 10.3. The predicted octanol–water partition coefficient (Wildman–Crippen LogP) is 0.122. The zero-order valence-corrected chi connectivity index (χ0v) is 7.89. The Morgan fingerprint density at radius 1 is 1.80 bits per heavy atom. The summed E-state index contributed by atoms with van der Waals surface area (Å²) in [6, 6.07) is -0.443. The highest BCUT2D eigenvalue weighted by Gasteiger charge is 2.12. The van der Waals surface area contributed by atoms with Crippen LogP contribution in [0.4, 0.5) is 0 Å². The van der Waals surface area contributed by atoms with Crippen molar-refractivity contribution in [3.8, 4) is 0 Å². The maximum atomic E-state index is 10.3. The molecular weight excluding hydrogens is 167 g/mol. The third-order valence-corrected chi connectivity index (χ3v) is 1.86. The molecule has 57 valence electrons. The van der Waals surface area contributed by atoms with Gasteiger partial charge in [0.05, 0.1) is 0 Å². The molecule has 0 aromatic heterocycles. The van der Waals surface area contributed by atoms with Crippen LogP contribution in [0.15, 0.2) is 0 Å². The first-order valence-electron chi connectivity index (χ1n) is 2.94. The Balaban J connectivity index is 3.50. The number of aliphatic carboxylic acids is 1. The Kier molecular flexibility index (Phi) is 6.31. The monoisotopic (exact) mass is 178 g/mol. The molecule has 0 aliphatic heterocycles. The highest BCUT2D eigenvalue weighted by molar-refractivity contribution is 7.55. The van der Waals surface area contributed by atoms with Gasteiger partial charge in [-0.15, -0.1) is 0 Å². The van der Waals surface area contributed by atoms with Crippen LogP contribution in [0.2, 0.25) is 6.32 Å². The molecule has 3 nitrogen and oxygen atoms in total. The summed E-state index contributed by atoms with van der Waals surface area (Å²) in [5.74, 6) is -0.804. The molecule has 0 heterocycles. The molecule has 0 saturated carbocycles. The molecule has 2 N–H and O–H groups in total. The number of carboxylic acid groups (broad SMARTS) is 1. The van der Waals surface area contributed by atoms with Gasteiger partial charge in [-0.1, -0.05) is 15.7 Å². The van der Waals surface area contributed by atoms with Crippen LogP contribution in [-0.4, -0.2) is 24.1 Å². The van der Waals surface area contributed by atoms with Crippen molar-refractivity contribution in [2.75, 3.05) is 0 Å². The molecule has 0 bridgehead atoms. The molecule has 1 radical (unpaired) electrons. The van der Waals surface area contributed by atoms with Crippen molar-refractivity contribution >= 4 is 31.5 Å². The van der Waals surface area contributed by atoms with Gasteiger partial charge in [-0.25, -0.2) is 0 Å². The van der Waals surface area contributed by atoms with E-state index in [-0.39, 0.29) is 0 Å². The van der Waals surface area contributed by atoms with Crippen LogP contribution < -0.4 is 5.09 Å². The lowest BCUT2D eigenvalue weighted by atomic mass is 9.96. The number of carboxylic acids is 1. The first-order chi connectivity index (χ1) is 4.72. The summed E-state index contributed by atoms with van der Waals surface area (Å²) in [5, 5.41) is 11.1. The molecule has 0 rings (SSSR count). The Bertz CT molecular complexity index is 113. The number of rotatable bonds is 5. The summed E-state index contributed by atoms with van der Waals surface area (Å²) in [4.78, 5) is 10.3. The van der Waals surface area contributed by atoms with Crippen molar-refractivity contribution in [1.82, 2.24) is 5.09 Å². The molecule has 3 atom stereocenters. The van der Waals surface area contributed by atoms with Gasteiger partial charge in [0.2, 0.25) is 0 Å². The van der Waals surface area contributed by atoms with Crippen LogP contribution >= 0.6 is 18.5 Å². The molecule has 0 fully saturated rings. The zero-order valence-electron chi connectivity index (χ0n) is 5.58. The largest absolute Gasteiger partial charge is 0.480 e. The number of carbonyl (C=O) groups is 1. The SMILES string of the molecule is O=C(O)C(CC[B]P)NP. The summed E-state index contributed by atoms with van der Waals surface area (Å²) in [6.45, 7) is 1.87. The van der Waals surface area contributed by atoms with Crippen LogP contribution in [0.3, 0.4) is 0 Å². The van der Waals surface area contributed by atoms with Gasteiger partial charge in [-0.05, 0) is 6.42 Å². The van der Waals surface area contributed by atoms with Crippen LogP contribution in [-0.2, 0) is 4.79 Å². The fraction of sp³-hybridized carbons (Fsp3) is 0.750. The van der Waals surface area contributed by atoms with Crippen LogP contribution in [0.1, 0.15) is 6.42 Å². The lowest BCUT2D eigenvalue weighted by Gasteiger charge is -2.08. The van der Waals surface area contributed by atoms with E-state index in [2.05, 4.69) is 23.6 Å². The topological polar surface area (TPSA) is 49.3 Å². The standard InChI is InChI=1S/C4H11BNO2P2/c7-4(8)3(6-10)1-2-5-9/h3,6H,1-2,9-10H2,(H,7,8). The first kappa shape index (κ1) is 10.4. The summed E-state index contributed by atoms with van der Waals surface area (Å²) in [6.07, 6.45) is 1.42. The molecule has 0 aliphatic carbocycles. The highest BCUT2D eigenvalue weighted by atomic mass is 31.0. The minimum Gasteiger partial charge on any atom is -0.480 e. The third kappa shape index (κ3) is 4.22. The van der Waals surface area contributed by atoms with Crippen molar-refractivity contribution < 1.29 is 9.90 Å². The fourth-order valence-corrected chi connectivity index (χ4v) is 1.04. The van der Waals surface area contributed by atoms with Gasteiger partial charge >= 0.3 is 5.97 Å². The van der Waals surface area contributed by atoms with Crippen molar-refractivity contribution in [2.24, 2.45) is 0 Å². The summed E-state index contributed by atoms with van der Waals surface area (Å²) < 4.78 is 0. The lowest BCUT2D eigenvalue weighted by Crippen LogP contribution is -2.29. The van der Waals surface area contributed by atoms with Gasteiger partial charge in [0.1, 0.15) is 13.0 Å². The van der Waals surface area contributed by atoms with Crippen LogP contribution in [0, 0.1) is 0 Å². The second kappa shape index (κ2) is 6.09. The van der Waals surface area contributed by atoms with E-state index in [1.54, 1.807) is 0 Å². The van der Waals surface area contributed by atoms with Gasteiger partial charge in [0.15, 0.2) is 0 Å². The van der Waals surface area contributed by atoms with Gasteiger partial charge in [0.25, 0.3) is 0 Å². The number of hydrogen-bond donors (Lipinski definition) is 2. The predicted molar refractivity (Wildman–Crippen MR) is 49.2 cm³/mol. The Hall–Kier alpha value is 0.355. The second-order valence-electron chi connectivity index (χ2n) is 1.87. The molecule has 0 aliphatic rings. The molecule has 0 aromatic rings. The Morgan fingerprint density at radius 2 is 2.40 bits per heavy atom. The van der Waals surface area contributed by atoms with E-state index in [0.29, 0.717) is 6.42 Å². The molecule has 0 spiro atoms. The van der Waals surface area contributed by atoms with Gasteiger partial charge < -0.3 is 5.11 Å². The van der Waals surface area contributed by atoms with E-state index < -0.39 is 12.0 Å². The molecule has 3 unspecified atom stereocenters. The molecule has 10 heavy (non-hydrogen) atoms. The third-order valence-electron chi connectivity index (χ3n) is 1.12. The van der Waals surface area contributed by atoms with Crippen molar-refractivity contribution in [3.63, 3.8) is 0 Å². The number of nitrogens with one attached hydrogen (secondary N) is 1. The number of hydrogen-bond acceptors (Lipinski definition) is 2. The molecular formula is C4H11BNO2P2. The van der Waals surface area contributed by atoms with E-state index in [0.717, 1.165) is 6.32 Å². The van der Waals surface area contributed by atoms with E-state index >= 15 is 0 Å². The summed E-state index contributed by atoms with van der Waals surface area (Å²) >= 11 is 0. The highest BCUT2D eigenvalue weighted by Crippen LogP contribution is 2.01. The minimum atomic E-state index is -0.804. The van der Waals surface area contributed by atoms with Gasteiger partial charge in [-0.3, -0.25) is 9.88 Å². The minimum absolute atomic E-state index is 0.443. The average Bonchev–Trinajstić information content (AvgIpc) is 1.89. The molecule has 6 heteroatoms. The summed E-state index contributed by atoms with van der Waals surface area (Å²) in [5.41, 5.74) is 0. The lowest BCUT2D eigenvalue weighted by molar-refractivity contribution is -0.138. The van der Waals surface area contributed by atoms with E-state index in [4.69, 9.17) is 5.11 Å². The van der Waals surface area contributed by atoms with Gasteiger partial charge in [0, 0.05) is 0 Å². The normalized spacial score (nSPS) is 12.6. The maximum Gasteiger partial charge on any atom is 0.320 e. The second-order valence-corrected chi connectivity index (χ2v) is 2.68. The Labute approximate surface area is 66.0 Å². The molecule has 0 aromatic carbocycles. The van der Waals surface area contributed by atoms with Crippen LogP contribution in [0.5, 0.6) is 0 Å². The molecule has 0 amide bonds. The van der Waals surface area contributed by atoms with Gasteiger partial charge in [-0.2, -0.15) is 9.12 Å². The van der Waals surface area contributed by atoms with Crippen molar-refractivity contribution in [1.29, 1.82) is 0 Å². The van der Waals surface area contributed by atoms with Crippen molar-refractivity contribution in [3.05, 3.63) is 0 Å². The van der Waals surface area contributed by atoms with Crippen LogP contribution in [0.25, 0.3) is 0 Å². The molecule has 0 saturated heterocycles. The van der Waals surface area contributed by atoms with E-state index in [1.165, 1.54) is 0 Å². The Morgan fingerprint density at radius 3 is 2.70 bits per heavy atom. The van der Waals surface area contributed by atoms with Crippen molar-refractivity contribution in [2.45, 2.75) is 18.8 Å². The summed E-state index contributed by atoms with van der Waals surface area (Å²) in [7, 11) is 4.65. The fourth-order valence-electron chi connectivity index (χ4n) is 0.541. The zero-order chi connectivity index (χ0) is 7.98. The van der Waals surface area contributed by atoms with E-state index in [1.807, 2.05) is 7.00 Å². The average molecular weight is 178 g/mol. The smallest absolute Gasteiger partial charge is 0.320 e. The van der Waals surface area contributed by atoms with E-state index in [9.17, 15) is 4.79 Å². The quantitative estimate of drug-likeness (QED) is 0.464.